The molecule has 2 aromatic carbocycles. The van der Waals surface area contributed by atoms with Gasteiger partial charge in [0.25, 0.3) is 0 Å². The molecular formula is C15H14ClFN2O3S. The Bertz CT molecular complexity index is 827. The molecule has 23 heavy (non-hydrogen) atoms. The van der Waals surface area contributed by atoms with Crippen LogP contribution < -0.4 is 9.62 Å². The minimum atomic E-state index is -3.76. The standard InChI is InChI=1S/C15H14ClFN2O3S/c1-23(21,22)19(12-6-4-5-11(17)9-12)10-15(20)18-14-8-3-2-7-13(14)16/h2-9H,10H2,1H3,(H,18,20). The van der Waals surface area contributed by atoms with Crippen LogP contribution in [0.1, 0.15) is 0 Å². The summed E-state index contributed by atoms with van der Waals surface area (Å²) in [4.78, 5) is 12.1. The van der Waals surface area contributed by atoms with Gasteiger partial charge in [-0.15, -0.1) is 0 Å². The van der Waals surface area contributed by atoms with E-state index in [2.05, 4.69) is 5.32 Å². The van der Waals surface area contributed by atoms with Gasteiger partial charge in [0.05, 0.1) is 22.7 Å². The van der Waals surface area contributed by atoms with Crippen LogP contribution in [0.2, 0.25) is 5.02 Å². The normalized spacial score (nSPS) is 11.1. The van der Waals surface area contributed by atoms with Gasteiger partial charge >= 0.3 is 0 Å². The Labute approximate surface area is 138 Å². The molecule has 0 spiro atoms. The molecule has 0 fully saturated rings. The van der Waals surface area contributed by atoms with E-state index in [9.17, 15) is 17.6 Å². The number of carbonyl (C=O) groups is 1. The molecule has 2 rings (SSSR count). The van der Waals surface area contributed by atoms with Gasteiger partial charge in [-0.3, -0.25) is 9.10 Å². The zero-order valence-electron chi connectivity index (χ0n) is 12.2. The van der Waals surface area contributed by atoms with Crippen LogP contribution in [0, 0.1) is 5.82 Å². The molecular weight excluding hydrogens is 343 g/mol. The number of sulfonamides is 1. The van der Waals surface area contributed by atoms with Gasteiger partial charge in [0.15, 0.2) is 0 Å². The Morgan fingerprint density at radius 1 is 1.22 bits per heavy atom. The molecule has 0 aliphatic rings. The van der Waals surface area contributed by atoms with E-state index in [0.29, 0.717) is 10.7 Å². The van der Waals surface area contributed by atoms with Crippen LogP contribution in [0.3, 0.4) is 0 Å². The summed E-state index contributed by atoms with van der Waals surface area (Å²) in [5.41, 5.74) is 0.439. The Morgan fingerprint density at radius 2 is 1.91 bits per heavy atom. The number of halogens is 2. The molecule has 122 valence electrons. The number of benzene rings is 2. The number of hydrogen-bond donors (Lipinski definition) is 1. The van der Waals surface area contributed by atoms with Gasteiger partial charge < -0.3 is 5.32 Å². The van der Waals surface area contributed by atoms with Crippen molar-refractivity contribution in [3.8, 4) is 0 Å². The number of amides is 1. The number of hydrogen-bond acceptors (Lipinski definition) is 3. The van der Waals surface area contributed by atoms with E-state index < -0.39 is 28.3 Å². The van der Waals surface area contributed by atoms with Gasteiger partial charge in [0.2, 0.25) is 15.9 Å². The molecule has 5 nitrogen and oxygen atoms in total. The van der Waals surface area contributed by atoms with Crippen LogP contribution in [0.5, 0.6) is 0 Å². The first-order valence-corrected chi connectivity index (χ1v) is 8.77. The fourth-order valence-corrected chi connectivity index (χ4v) is 2.95. The highest BCUT2D eigenvalue weighted by Gasteiger charge is 2.21. The van der Waals surface area contributed by atoms with E-state index in [1.54, 1.807) is 24.3 Å². The summed E-state index contributed by atoms with van der Waals surface area (Å²) >= 11 is 5.94. The molecule has 0 saturated heterocycles. The van der Waals surface area contributed by atoms with Crippen LogP contribution in [0.15, 0.2) is 48.5 Å². The number of carbonyl (C=O) groups excluding carboxylic acids is 1. The third-order valence-electron chi connectivity index (χ3n) is 2.93. The maximum absolute atomic E-state index is 13.3. The Hall–Kier alpha value is -2.12. The van der Waals surface area contributed by atoms with Crippen molar-refractivity contribution < 1.29 is 17.6 Å². The summed E-state index contributed by atoms with van der Waals surface area (Å²) in [6.45, 7) is -0.493. The van der Waals surface area contributed by atoms with Gasteiger partial charge in [-0.25, -0.2) is 12.8 Å². The van der Waals surface area contributed by atoms with Crippen molar-refractivity contribution in [3.05, 3.63) is 59.4 Å². The van der Waals surface area contributed by atoms with Crippen molar-refractivity contribution in [1.82, 2.24) is 0 Å². The summed E-state index contributed by atoms with van der Waals surface area (Å²) < 4.78 is 37.9. The lowest BCUT2D eigenvalue weighted by Crippen LogP contribution is -2.37. The Kier molecular flexibility index (Phi) is 5.23. The van der Waals surface area contributed by atoms with Crippen molar-refractivity contribution in [2.45, 2.75) is 0 Å². The highest BCUT2D eigenvalue weighted by molar-refractivity contribution is 7.92. The molecule has 2 aromatic rings. The number of rotatable bonds is 5. The molecule has 0 saturated carbocycles. The summed E-state index contributed by atoms with van der Waals surface area (Å²) in [6, 6.07) is 11.6. The van der Waals surface area contributed by atoms with E-state index in [1.165, 1.54) is 18.2 Å². The summed E-state index contributed by atoms with van der Waals surface area (Å²) in [5, 5.41) is 2.86. The second kappa shape index (κ2) is 6.97. The van der Waals surface area contributed by atoms with Crippen molar-refractivity contribution in [2.75, 3.05) is 22.4 Å². The predicted molar refractivity (Wildman–Crippen MR) is 88.7 cm³/mol. The Morgan fingerprint density at radius 3 is 2.52 bits per heavy atom. The molecule has 1 amide bonds. The fourth-order valence-electron chi connectivity index (χ4n) is 1.91. The molecule has 0 aliphatic carbocycles. The molecule has 0 aromatic heterocycles. The first kappa shape index (κ1) is 17.2. The average Bonchev–Trinajstić information content (AvgIpc) is 2.46. The van der Waals surface area contributed by atoms with Crippen LogP contribution >= 0.6 is 11.6 Å². The quantitative estimate of drug-likeness (QED) is 0.895. The maximum atomic E-state index is 13.3. The second-order valence-corrected chi connectivity index (χ2v) is 7.09. The zero-order chi connectivity index (χ0) is 17.0. The Balaban J connectivity index is 2.22. The first-order chi connectivity index (χ1) is 10.8. The number of nitrogens with one attached hydrogen (secondary N) is 1. The summed E-state index contributed by atoms with van der Waals surface area (Å²) in [6.07, 6.45) is 0.945. The van der Waals surface area contributed by atoms with Crippen LogP contribution in [-0.4, -0.2) is 27.1 Å². The van der Waals surface area contributed by atoms with Crippen molar-refractivity contribution in [3.63, 3.8) is 0 Å². The largest absolute Gasteiger partial charge is 0.323 e. The summed E-state index contributed by atoms with van der Waals surface area (Å²) in [5.74, 6) is -1.18. The number of anilines is 2. The monoisotopic (exact) mass is 356 g/mol. The molecule has 0 unspecified atom stereocenters. The molecule has 8 heteroatoms. The third-order valence-corrected chi connectivity index (χ3v) is 4.40. The van der Waals surface area contributed by atoms with Crippen molar-refractivity contribution >= 4 is 38.9 Å². The minimum Gasteiger partial charge on any atom is -0.323 e. The van der Waals surface area contributed by atoms with Crippen molar-refractivity contribution in [1.29, 1.82) is 0 Å². The predicted octanol–water partition coefficient (Wildman–Crippen LogP) is 2.88. The van der Waals surface area contributed by atoms with E-state index >= 15 is 0 Å². The van der Waals surface area contributed by atoms with Gasteiger partial charge in [-0.1, -0.05) is 29.8 Å². The first-order valence-electron chi connectivity index (χ1n) is 6.55. The van der Waals surface area contributed by atoms with Crippen molar-refractivity contribution in [2.24, 2.45) is 0 Å². The molecule has 0 aliphatic heterocycles. The smallest absolute Gasteiger partial charge is 0.245 e. The van der Waals surface area contributed by atoms with Gasteiger partial charge in [-0.2, -0.15) is 0 Å². The van der Waals surface area contributed by atoms with Crippen LogP contribution in [0.4, 0.5) is 15.8 Å². The van der Waals surface area contributed by atoms with Gasteiger partial charge in [0.1, 0.15) is 12.4 Å². The van der Waals surface area contributed by atoms with Crippen LogP contribution in [-0.2, 0) is 14.8 Å². The maximum Gasteiger partial charge on any atom is 0.245 e. The van der Waals surface area contributed by atoms with E-state index in [1.807, 2.05) is 0 Å². The van der Waals surface area contributed by atoms with Gasteiger partial charge in [0, 0.05) is 0 Å². The van der Waals surface area contributed by atoms with E-state index in [-0.39, 0.29) is 5.69 Å². The van der Waals surface area contributed by atoms with E-state index in [4.69, 9.17) is 11.6 Å². The van der Waals surface area contributed by atoms with Gasteiger partial charge in [-0.05, 0) is 30.3 Å². The molecule has 0 heterocycles. The topological polar surface area (TPSA) is 66.5 Å². The molecule has 1 N–H and O–H groups in total. The minimum absolute atomic E-state index is 0.0711. The molecule has 0 atom stereocenters. The number of nitrogens with zero attached hydrogens (tertiary/aromatic N) is 1. The summed E-state index contributed by atoms with van der Waals surface area (Å²) in [7, 11) is -3.76. The SMILES string of the molecule is CS(=O)(=O)N(CC(=O)Nc1ccccc1Cl)c1cccc(F)c1. The average molecular weight is 357 g/mol. The highest BCUT2D eigenvalue weighted by Crippen LogP contribution is 2.22. The molecule has 0 bridgehead atoms. The fraction of sp³-hybridized carbons (Fsp3) is 0.133. The molecule has 0 radical (unpaired) electrons. The second-order valence-electron chi connectivity index (χ2n) is 4.78. The van der Waals surface area contributed by atoms with E-state index in [0.717, 1.165) is 16.6 Å². The highest BCUT2D eigenvalue weighted by atomic mass is 35.5. The van der Waals surface area contributed by atoms with Crippen LogP contribution in [0.25, 0.3) is 0 Å². The number of para-hydroxylation sites is 1. The lowest BCUT2D eigenvalue weighted by Gasteiger charge is -2.22. The lowest BCUT2D eigenvalue weighted by molar-refractivity contribution is -0.114. The lowest BCUT2D eigenvalue weighted by atomic mass is 10.3. The third kappa shape index (κ3) is 4.67. The zero-order valence-corrected chi connectivity index (χ0v) is 13.7.